The third-order valence-electron chi connectivity index (χ3n) is 4.57. The second kappa shape index (κ2) is 5.23. The Hall–Kier alpha value is -3.04. The number of para-hydroxylation sites is 2. The molecule has 0 saturated carbocycles. The molecule has 25 heavy (non-hydrogen) atoms. The van der Waals surface area contributed by atoms with Crippen LogP contribution in [0.2, 0.25) is 5.02 Å². The van der Waals surface area contributed by atoms with E-state index in [2.05, 4.69) is 22.6 Å². The second-order valence-corrected chi connectivity index (χ2v) is 6.47. The fourth-order valence-electron chi connectivity index (χ4n) is 3.48. The Kier molecular flexibility index (Phi) is 2.99. The first kappa shape index (κ1) is 14.3. The van der Waals surface area contributed by atoms with Crippen molar-refractivity contribution in [1.82, 2.24) is 8.97 Å². The summed E-state index contributed by atoms with van der Waals surface area (Å²) >= 11 is 6.17. The molecule has 0 radical (unpaired) electrons. The molecule has 0 spiro atoms. The summed E-state index contributed by atoms with van der Waals surface area (Å²) in [4.78, 5) is 13.3. The maximum atomic E-state index is 13.3. The predicted octanol–water partition coefficient (Wildman–Crippen LogP) is 5.05. The Bertz CT molecular complexity index is 1320. The summed E-state index contributed by atoms with van der Waals surface area (Å²) in [6, 6.07) is 25.4. The molecule has 5 rings (SSSR count). The number of hydrogen-bond acceptors (Lipinski definition) is 1. The van der Waals surface area contributed by atoms with Crippen molar-refractivity contribution in [2.45, 2.75) is 0 Å². The molecule has 2 aromatic heterocycles. The minimum Gasteiger partial charge on any atom is -0.295 e. The van der Waals surface area contributed by atoms with Gasteiger partial charge >= 0.3 is 0 Å². The van der Waals surface area contributed by atoms with Gasteiger partial charge in [-0.05, 0) is 42.5 Å². The van der Waals surface area contributed by atoms with Gasteiger partial charge < -0.3 is 0 Å². The zero-order chi connectivity index (χ0) is 17.0. The first-order valence-corrected chi connectivity index (χ1v) is 8.42. The lowest BCUT2D eigenvalue weighted by Crippen LogP contribution is -2.21. The summed E-state index contributed by atoms with van der Waals surface area (Å²) < 4.78 is 3.87. The van der Waals surface area contributed by atoms with Gasteiger partial charge in [0.15, 0.2) is 0 Å². The van der Waals surface area contributed by atoms with Crippen molar-refractivity contribution in [2.75, 3.05) is 0 Å². The number of nitrogens with zero attached hydrogens (tertiary/aromatic N) is 2. The van der Waals surface area contributed by atoms with Gasteiger partial charge in [-0.2, -0.15) is 0 Å². The van der Waals surface area contributed by atoms with Crippen molar-refractivity contribution in [3.8, 4) is 5.69 Å². The third-order valence-corrected chi connectivity index (χ3v) is 4.80. The molecule has 2 heterocycles. The highest BCUT2D eigenvalue weighted by Crippen LogP contribution is 2.27. The van der Waals surface area contributed by atoms with Gasteiger partial charge in [0.2, 0.25) is 0 Å². The molecule has 0 aliphatic carbocycles. The summed E-state index contributed by atoms with van der Waals surface area (Å²) in [6.07, 6.45) is 0. The maximum absolute atomic E-state index is 13.3. The largest absolute Gasteiger partial charge is 0.295 e. The lowest BCUT2D eigenvalue weighted by molar-refractivity contribution is 1.01. The number of benzene rings is 3. The van der Waals surface area contributed by atoms with Gasteiger partial charge in [-0.25, -0.2) is 0 Å². The Morgan fingerprint density at radius 2 is 1.52 bits per heavy atom. The second-order valence-electron chi connectivity index (χ2n) is 6.03. The van der Waals surface area contributed by atoms with E-state index < -0.39 is 0 Å². The number of halogens is 1. The van der Waals surface area contributed by atoms with Crippen molar-refractivity contribution < 1.29 is 0 Å². The Morgan fingerprint density at radius 1 is 0.760 bits per heavy atom. The van der Waals surface area contributed by atoms with Crippen molar-refractivity contribution in [3.05, 3.63) is 94.2 Å². The molecule has 0 fully saturated rings. The predicted molar refractivity (Wildman–Crippen MR) is 103 cm³/mol. The smallest absolute Gasteiger partial charge is 0.266 e. The van der Waals surface area contributed by atoms with Gasteiger partial charge in [-0.1, -0.05) is 48.0 Å². The van der Waals surface area contributed by atoms with Crippen molar-refractivity contribution in [3.63, 3.8) is 0 Å². The molecule has 3 aromatic carbocycles. The zero-order valence-electron chi connectivity index (χ0n) is 13.2. The molecule has 0 amide bonds. The SMILES string of the molecule is O=c1c2cc(Cl)ccc2n2c3ccccc3cc2n1-c1ccccc1. The molecule has 3 nitrogen and oxygen atoms in total. The van der Waals surface area contributed by atoms with Crippen LogP contribution < -0.4 is 5.56 Å². The van der Waals surface area contributed by atoms with Crippen LogP contribution in [-0.4, -0.2) is 8.97 Å². The maximum Gasteiger partial charge on any atom is 0.266 e. The molecule has 4 heteroatoms. The summed E-state index contributed by atoms with van der Waals surface area (Å²) in [7, 11) is 0. The van der Waals surface area contributed by atoms with Crippen LogP contribution in [0.4, 0.5) is 0 Å². The number of fused-ring (bicyclic) bond motifs is 5. The van der Waals surface area contributed by atoms with Crippen molar-refractivity contribution >= 4 is 39.1 Å². The van der Waals surface area contributed by atoms with Gasteiger partial charge in [-0.3, -0.25) is 13.8 Å². The third kappa shape index (κ3) is 2.03. The fourth-order valence-corrected chi connectivity index (χ4v) is 3.66. The molecule has 5 aromatic rings. The molecular formula is C21H13ClN2O. The van der Waals surface area contributed by atoms with E-state index in [0.717, 1.165) is 27.8 Å². The van der Waals surface area contributed by atoms with E-state index in [-0.39, 0.29) is 5.56 Å². The quantitative estimate of drug-likeness (QED) is 0.418. The molecule has 120 valence electrons. The monoisotopic (exact) mass is 344 g/mol. The first-order valence-electron chi connectivity index (χ1n) is 8.04. The van der Waals surface area contributed by atoms with E-state index in [1.54, 1.807) is 10.6 Å². The van der Waals surface area contributed by atoms with E-state index in [0.29, 0.717) is 10.4 Å². The van der Waals surface area contributed by atoms with Crippen LogP contribution >= 0.6 is 11.6 Å². The minimum absolute atomic E-state index is 0.0704. The molecule has 0 aliphatic heterocycles. The number of aromatic nitrogens is 2. The average Bonchev–Trinajstić information content (AvgIpc) is 3.02. The van der Waals surface area contributed by atoms with Gasteiger partial charge in [0.25, 0.3) is 5.56 Å². The Balaban J connectivity index is 2.12. The standard InChI is InChI=1S/C21H13ClN2O/c22-15-10-11-19-17(13-15)21(25)23(16-7-2-1-3-8-16)20-12-14-6-4-5-9-18(14)24(19)20/h1-13H. The van der Waals surface area contributed by atoms with Crippen molar-refractivity contribution in [1.29, 1.82) is 0 Å². The van der Waals surface area contributed by atoms with Gasteiger partial charge in [0.1, 0.15) is 5.65 Å². The van der Waals surface area contributed by atoms with Crippen molar-refractivity contribution in [2.24, 2.45) is 0 Å². The van der Waals surface area contributed by atoms with Crippen LogP contribution in [0.3, 0.4) is 0 Å². The number of hydrogen-bond donors (Lipinski definition) is 0. The van der Waals surface area contributed by atoms with E-state index in [4.69, 9.17) is 11.6 Å². The summed E-state index contributed by atoms with van der Waals surface area (Å²) in [5.74, 6) is 0. The lowest BCUT2D eigenvalue weighted by atomic mass is 10.2. The zero-order valence-corrected chi connectivity index (χ0v) is 13.9. The van der Waals surface area contributed by atoms with Crippen LogP contribution in [0, 0.1) is 0 Å². The Labute approximate surface area is 148 Å². The van der Waals surface area contributed by atoms with E-state index in [1.807, 2.05) is 54.6 Å². The summed E-state index contributed by atoms with van der Waals surface area (Å²) in [5, 5.41) is 2.25. The fraction of sp³-hybridized carbons (Fsp3) is 0. The Morgan fingerprint density at radius 3 is 2.36 bits per heavy atom. The molecular weight excluding hydrogens is 332 g/mol. The van der Waals surface area contributed by atoms with Crippen LogP contribution in [0.15, 0.2) is 83.7 Å². The average molecular weight is 345 g/mol. The number of rotatable bonds is 1. The normalized spacial score (nSPS) is 11.6. The van der Waals surface area contributed by atoms with E-state index >= 15 is 0 Å². The van der Waals surface area contributed by atoms with E-state index in [9.17, 15) is 4.79 Å². The highest BCUT2D eigenvalue weighted by atomic mass is 35.5. The van der Waals surface area contributed by atoms with Gasteiger partial charge in [0, 0.05) is 10.4 Å². The molecule has 0 atom stereocenters. The molecule has 0 N–H and O–H groups in total. The molecule has 0 unspecified atom stereocenters. The first-order chi connectivity index (χ1) is 12.2. The van der Waals surface area contributed by atoms with Crippen LogP contribution in [0.5, 0.6) is 0 Å². The lowest BCUT2D eigenvalue weighted by Gasteiger charge is -2.12. The van der Waals surface area contributed by atoms with Crippen LogP contribution in [-0.2, 0) is 0 Å². The minimum atomic E-state index is -0.0704. The molecule has 0 aliphatic rings. The van der Waals surface area contributed by atoms with Crippen LogP contribution in [0.25, 0.3) is 33.1 Å². The highest BCUT2D eigenvalue weighted by Gasteiger charge is 2.15. The summed E-state index contributed by atoms with van der Waals surface area (Å²) in [6.45, 7) is 0. The van der Waals surface area contributed by atoms with Gasteiger partial charge in [-0.15, -0.1) is 0 Å². The summed E-state index contributed by atoms with van der Waals surface area (Å²) in [5.41, 5.74) is 3.53. The highest BCUT2D eigenvalue weighted by molar-refractivity contribution is 6.31. The molecule has 0 bridgehead atoms. The van der Waals surface area contributed by atoms with Crippen LogP contribution in [0.1, 0.15) is 0 Å². The van der Waals surface area contributed by atoms with E-state index in [1.165, 1.54) is 0 Å². The van der Waals surface area contributed by atoms with Gasteiger partial charge in [0.05, 0.1) is 22.1 Å². The molecule has 0 saturated heterocycles. The topological polar surface area (TPSA) is 26.4 Å².